The van der Waals surface area contributed by atoms with E-state index >= 15 is 0 Å². The molecule has 4 nitrogen and oxygen atoms in total. The van der Waals surface area contributed by atoms with Gasteiger partial charge < -0.3 is 10.2 Å². The first-order valence-corrected chi connectivity index (χ1v) is 12.3. The second kappa shape index (κ2) is 10.8. The molecule has 1 unspecified atom stereocenters. The van der Waals surface area contributed by atoms with Gasteiger partial charge in [0.25, 0.3) is 0 Å². The number of carbonyl (C=O) groups excluding carboxylic acids is 2. The molecule has 0 aliphatic heterocycles. The lowest BCUT2D eigenvalue weighted by atomic mass is 10.0. The van der Waals surface area contributed by atoms with E-state index in [1.165, 1.54) is 0 Å². The van der Waals surface area contributed by atoms with Crippen LogP contribution in [0.2, 0.25) is 5.02 Å². The highest BCUT2D eigenvalue weighted by Crippen LogP contribution is 2.28. The molecule has 1 N–H and O–H groups in total. The first kappa shape index (κ1) is 22.6. The van der Waals surface area contributed by atoms with Gasteiger partial charge in [-0.15, -0.1) is 11.3 Å². The summed E-state index contributed by atoms with van der Waals surface area (Å²) in [6.45, 7) is 0.265. The van der Waals surface area contributed by atoms with E-state index in [2.05, 4.69) is 5.32 Å². The van der Waals surface area contributed by atoms with Crippen LogP contribution in [0.5, 0.6) is 0 Å². The van der Waals surface area contributed by atoms with E-state index in [4.69, 9.17) is 11.6 Å². The number of hydrogen-bond acceptors (Lipinski definition) is 3. The zero-order valence-corrected chi connectivity index (χ0v) is 19.4. The fraction of sp³-hybridized carbons (Fsp3) is 0.308. The molecule has 4 rings (SSSR count). The molecule has 32 heavy (non-hydrogen) atoms. The number of carbonyl (C=O) groups is 2. The van der Waals surface area contributed by atoms with Gasteiger partial charge in [-0.3, -0.25) is 9.59 Å². The van der Waals surface area contributed by atoms with Gasteiger partial charge >= 0.3 is 0 Å². The molecular weight excluding hydrogens is 440 g/mol. The lowest BCUT2D eigenvalue weighted by Crippen LogP contribution is -2.46. The molecule has 1 heterocycles. The Balaban J connectivity index is 1.69. The summed E-state index contributed by atoms with van der Waals surface area (Å²) in [5.41, 5.74) is 1.62. The van der Waals surface area contributed by atoms with Gasteiger partial charge in [-0.05, 0) is 41.5 Å². The fourth-order valence-corrected chi connectivity index (χ4v) is 5.15. The molecule has 1 aliphatic carbocycles. The number of benzene rings is 2. The molecule has 0 bridgehead atoms. The Kier molecular flexibility index (Phi) is 7.61. The quantitative estimate of drug-likeness (QED) is 0.458. The summed E-state index contributed by atoms with van der Waals surface area (Å²) in [4.78, 5) is 29.8. The molecule has 1 atom stereocenters. The SMILES string of the molecule is O=C(NC1CCCC1)C(c1ccccc1)N(Cc1ccccc1Cl)C(=O)Cc1cccs1. The van der Waals surface area contributed by atoms with Crippen LogP contribution in [0, 0.1) is 0 Å². The first-order valence-electron chi connectivity index (χ1n) is 11.0. The van der Waals surface area contributed by atoms with E-state index < -0.39 is 6.04 Å². The molecule has 6 heteroatoms. The second-order valence-corrected chi connectivity index (χ2v) is 9.61. The zero-order valence-electron chi connectivity index (χ0n) is 17.9. The number of hydrogen-bond donors (Lipinski definition) is 1. The standard InChI is InChI=1S/C26H27ClN2O2S/c27-23-15-7-4-11-20(23)18-29(24(30)17-22-14-8-16-32-22)25(19-9-2-1-3-10-19)26(31)28-21-12-5-6-13-21/h1-4,7-11,14-16,21,25H,5-6,12-13,17-18H2,(H,28,31). The average Bonchev–Trinajstić information content (AvgIpc) is 3.50. The Morgan fingerprint density at radius 3 is 2.41 bits per heavy atom. The summed E-state index contributed by atoms with van der Waals surface area (Å²) in [6, 6.07) is 20.4. The fourth-order valence-electron chi connectivity index (χ4n) is 4.26. The summed E-state index contributed by atoms with van der Waals surface area (Å²) >= 11 is 7.99. The maximum absolute atomic E-state index is 13.6. The molecule has 0 spiro atoms. The van der Waals surface area contributed by atoms with E-state index in [0.29, 0.717) is 5.02 Å². The van der Waals surface area contributed by atoms with Crippen LogP contribution in [-0.4, -0.2) is 22.8 Å². The molecule has 1 aromatic heterocycles. The molecule has 166 valence electrons. The molecule has 3 aromatic rings. The van der Waals surface area contributed by atoms with E-state index in [-0.39, 0.29) is 30.8 Å². The predicted octanol–water partition coefficient (Wildman–Crippen LogP) is 5.77. The number of nitrogens with one attached hydrogen (secondary N) is 1. The maximum Gasteiger partial charge on any atom is 0.247 e. The smallest absolute Gasteiger partial charge is 0.247 e. The molecule has 2 amide bonds. The number of halogens is 1. The van der Waals surface area contributed by atoms with E-state index in [0.717, 1.165) is 41.7 Å². The summed E-state index contributed by atoms with van der Waals surface area (Å²) < 4.78 is 0. The van der Waals surface area contributed by atoms with Crippen molar-refractivity contribution in [3.05, 3.63) is 93.1 Å². The van der Waals surface area contributed by atoms with Gasteiger partial charge in [-0.1, -0.05) is 79.0 Å². The van der Waals surface area contributed by atoms with E-state index in [1.807, 2.05) is 72.1 Å². The van der Waals surface area contributed by atoms with Gasteiger partial charge in [0.05, 0.1) is 6.42 Å². The van der Waals surface area contributed by atoms with Crippen molar-refractivity contribution in [1.82, 2.24) is 10.2 Å². The lowest BCUT2D eigenvalue weighted by molar-refractivity contribution is -0.141. The van der Waals surface area contributed by atoms with Gasteiger partial charge in [0.15, 0.2) is 0 Å². The van der Waals surface area contributed by atoms with Gasteiger partial charge in [-0.25, -0.2) is 0 Å². The highest BCUT2D eigenvalue weighted by atomic mass is 35.5. The van der Waals surface area contributed by atoms with E-state index in [1.54, 1.807) is 16.2 Å². The van der Waals surface area contributed by atoms with Crippen molar-refractivity contribution in [2.75, 3.05) is 0 Å². The van der Waals surface area contributed by atoms with Crippen LogP contribution in [-0.2, 0) is 22.6 Å². The van der Waals surface area contributed by atoms with Gasteiger partial charge in [0.1, 0.15) is 6.04 Å². The van der Waals surface area contributed by atoms with Crippen LogP contribution in [0.4, 0.5) is 0 Å². The highest BCUT2D eigenvalue weighted by Gasteiger charge is 2.33. The molecule has 0 saturated heterocycles. The van der Waals surface area contributed by atoms with Crippen LogP contribution >= 0.6 is 22.9 Å². The lowest BCUT2D eigenvalue weighted by Gasteiger charge is -2.32. The van der Waals surface area contributed by atoms with Crippen molar-refractivity contribution >= 4 is 34.8 Å². The minimum atomic E-state index is -0.722. The predicted molar refractivity (Wildman–Crippen MR) is 130 cm³/mol. The minimum absolute atomic E-state index is 0.0946. The van der Waals surface area contributed by atoms with Crippen molar-refractivity contribution in [1.29, 1.82) is 0 Å². The largest absolute Gasteiger partial charge is 0.351 e. The summed E-state index contributed by atoms with van der Waals surface area (Å²) in [5, 5.41) is 5.76. The number of rotatable bonds is 8. The normalized spacial score (nSPS) is 14.8. The summed E-state index contributed by atoms with van der Waals surface area (Å²) in [5.74, 6) is -0.225. The molecule has 0 radical (unpaired) electrons. The molecule has 1 fully saturated rings. The van der Waals surface area contributed by atoms with Crippen LogP contribution < -0.4 is 5.32 Å². The third-order valence-electron chi connectivity index (χ3n) is 5.90. The summed E-state index contributed by atoms with van der Waals surface area (Å²) in [6.07, 6.45) is 4.48. The van der Waals surface area contributed by atoms with Gasteiger partial charge in [0.2, 0.25) is 11.8 Å². The zero-order chi connectivity index (χ0) is 22.3. The van der Waals surface area contributed by atoms with Crippen LogP contribution in [0.25, 0.3) is 0 Å². The van der Waals surface area contributed by atoms with Crippen molar-refractivity contribution in [3.63, 3.8) is 0 Å². The Hall–Kier alpha value is -2.63. The Morgan fingerprint density at radius 1 is 1.00 bits per heavy atom. The van der Waals surface area contributed by atoms with Crippen LogP contribution in [0.15, 0.2) is 72.1 Å². The molecule has 1 saturated carbocycles. The van der Waals surface area contributed by atoms with Crippen molar-refractivity contribution in [2.45, 2.75) is 50.7 Å². The van der Waals surface area contributed by atoms with E-state index in [9.17, 15) is 9.59 Å². The van der Waals surface area contributed by atoms with Gasteiger partial charge in [-0.2, -0.15) is 0 Å². The van der Waals surface area contributed by atoms with Crippen LogP contribution in [0.1, 0.15) is 47.7 Å². The summed E-state index contributed by atoms with van der Waals surface area (Å²) in [7, 11) is 0. The number of nitrogens with zero attached hydrogens (tertiary/aromatic N) is 1. The molecule has 1 aliphatic rings. The molecule has 2 aromatic carbocycles. The first-order chi connectivity index (χ1) is 15.6. The van der Waals surface area contributed by atoms with Crippen molar-refractivity contribution in [2.24, 2.45) is 0 Å². The van der Waals surface area contributed by atoms with Crippen molar-refractivity contribution < 1.29 is 9.59 Å². The van der Waals surface area contributed by atoms with Crippen molar-refractivity contribution in [3.8, 4) is 0 Å². The average molecular weight is 467 g/mol. The maximum atomic E-state index is 13.6. The van der Waals surface area contributed by atoms with Crippen LogP contribution in [0.3, 0.4) is 0 Å². The Labute approximate surface area is 198 Å². The monoisotopic (exact) mass is 466 g/mol. The number of thiophene rings is 1. The second-order valence-electron chi connectivity index (χ2n) is 8.17. The van der Waals surface area contributed by atoms with Gasteiger partial charge in [0, 0.05) is 22.5 Å². The third-order valence-corrected chi connectivity index (χ3v) is 7.15. The number of amides is 2. The Morgan fingerprint density at radius 2 is 1.72 bits per heavy atom. The highest BCUT2D eigenvalue weighted by molar-refractivity contribution is 7.10. The molecular formula is C26H27ClN2O2S. The third kappa shape index (κ3) is 5.59. The topological polar surface area (TPSA) is 49.4 Å². The minimum Gasteiger partial charge on any atom is -0.351 e. The Bertz CT molecular complexity index is 1030.